The van der Waals surface area contributed by atoms with Gasteiger partial charge in [0.05, 0.1) is 12.5 Å². The van der Waals surface area contributed by atoms with Crippen molar-refractivity contribution >= 4 is 17.5 Å². The van der Waals surface area contributed by atoms with Gasteiger partial charge in [-0.25, -0.2) is 4.79 Å². The normalized spacial score (nSPS) is 17.1. The highest BCUT2D eigenvalue weighted by Gasteiger charge is 2.21. The summed E-state index contributed by atoms with van der Waals surface area (Å²) in [5.41, 5.74) is 15.7. The second kappa shape index (κ2) is 15.2. The van der Waals surface area contributed by atoms with E-state index in [0.29, 0.717) is 32.4 Å². The smallest absolute Gasteiger partial charge is 0.330 e. The largest absolute Gasteiger partial charge is 0.489 e. The first-order valence-electron chi connectivity index (χ1n) is 13.4. The minimum absolute atomic E-state index is 0.0332. The number of ether oxygens (including phenoxy) is 2. The summed E-state index contributed by atoms with van der Waals surface area (Å²) < 4.78 is 11.0. The maximum absolute atomic E-state index is 12.4. The molecule has 0 aromatic heterocycles. The second-order valence-electron chi connectivity index (χ2n) is 9.74. The molecule has 3 rings (SSSR count). The number of esters is 2. The lowest BCUT2D eigenvalue weighted by Gasteiger charge is -2.18. The minimum Gasteiger partial charge on any atom is -0.489 e. The lowest BCUT2D eigenvalue weighted by molar-refractivity contribution is -0.160. The Morgan fingerprint density at radius 3 is 2.63 bits per heavy atom. The van der Waals surface area contributed by atoms with Gasteiger partial charge in [-0.1, -0.05) is 55.0 Å². The molecule has 0 saturated heterocycles. The highest BCUT2D eigenvalue weighted by molar-refractivity contribution is 5.88. The lowest BCUT2D eigenvalue weighted by Crippen LogP contribution is -2.34. The van der Waals surface area contributed by atoms with Gasteiger partial charge in [0.1, 0.15) is 18.4 Å². The molecule has 38 heavy (non-hydrogen) atoms. The van der Waals surface area contributed by atoms with Crippen LogP contribution in [0.1, 0.15) is 74.5 Å². The summed E-state index contributed by atoms with van der Waals surface area (Å²) in [6.07, 6.45) is 10.0. The van der Waals surface area contributed by atoms with Crippen molar-refractivity contribution in [2.75, 3.05) is 6.54 Å². The Morgan fingerprint density at radius 1 is 1.16 bits per heavy atom. The molecule has 0 saturated carbocycles. The molecular formula is C31H40N2O5. The average molecular weight is 521 g/mol. The van der Waals surface area contributed by atoms with E-state index in [0.717, 1.165) is 36.1 Å². The molecule has 0 fully saturated rings. The summed E-state index contributed by atoms with van der Waals surface area (Å²) in [4.78, 5) is 24.6. The topological polar surface area (TPSA) is 125 Å². The number of aliphatic hydroxyl groups is 1. The molecule has 7 nitrogen and oxygen atoms in total. The Kier molecular flexibility index (Phi) is 11.7. The van der Waals surface area contributed by atoms with Crippen molar-refractivity contribution in [2.24, 2.45) is 11.5 Å². The van der Waals surface area contributed by atoms with Crippen molar-refractivity contribution in [1.82, 2.24) is 0 Å². The van der Waals surface area contributed by atoms with E-state index in [1.54, 1.807) is 0 Å². The molecule has 2 aromatic carbocycles. The third-order valence-electron chi connectivity index (χ3n) is 6.69. The van der Waals surface area contributed by atoms with Gasteiger partial charge in [0, 0.05) is 5.92 Å². The second-order valence-corrected chi connectivity index (χ2v) is 9.74. The van der Waals surface area contributed by atoms with Gasteiger partial charge in [0.15, 0.2) is 0 Å². The first-order chi connectivity index (χ1) is 18.4. The van der Waals surface area contributed by atoms with E-state index in [-0.39, 0.29) is 18.4 Å². The number of rotatable bonds is 13. The molecule has 2 unspecified atom stereocenters. The fourth-order valence-corrected chi connectivity index (χ4v) is 4.49. The molecule has 0 spiro atoms. The number of carbonyl (C=O) groups is 2. The fourth-order valence-electron chi connectivity index (χ4n) is 4.49. The monoisotopic (exact) mass is 520 g/mol. The molecule has 0 bridgehead atoms. The van der Waals surface area contributed by atoms with Gasteiger partial charge in [0.25, 0.3) is 0 Å². The summed E-state index contributed by atoms with van der Waals surface area (Å²) in [6.45, 7) is 2.85. The first kappa shape index (κ1) is 29.3. The fraction of sp³-hybridized carbons (Fsp3) is 0.419. The number of hydrogen-bond acceptors (Lipinski definition) is 7. The molecule has 7 heteroatoms. The Balaban J connectivity index is 1.54. The molecule has 1 aliphatic carbocycles. The quantitative estimate of drug-likeness (QED) is 0.150. The summed E-state index contributed by atoms with van der Waals surface area (Å²) in [5.74, 6) is -0.812. The van der Waals surface area contributed by atoms with E-state index >= 15 is 0 Å². The lowest BCUT2D eigenvalue weighted by atomic mass is 9.91. The first-order valence-corrected chi connectivity index (χ1v) is 13.4. The van der Waals surface area contributed by atoms with Crippen LogP contribution in [0, 0.1) is 0 Å². The number of nitrogens with two attached hydrogens (primary N) is 2. The van der Waals surface area contributed by atoms with Crippen LogP contribution in [-0.4, -0.2) is 35.7 Å². The Hall–Kier alpha value is -3.26. The molecule has 0 amide bonds. The molecule has 1 aliphatic rings. The molecule has 0 radical (unpaired) electrons. The van der Waals surface area contributed by atoms with Crippen LogP contribution < -0.4 is 16.2 Å². The maximum atomic E-state index is 12.4. The predicted molar refractivity (Wildman–Crippen MR) is 149 cm³/mol. The predicted octanol–water partition coefficient (Wildman–Crippen LogP) is 4.77. The van der Waals surface area contributed by atoms with E-state index in [1.165, 1.54) is 11.1 Å². The number of benzene rings is 2. The summed E-state index contributed by atoms with van der Waals surface area (Å²) >= 11 is 0. The van der Waals surface area contributed by atoms with Crippen molar-refractivity contribution in [2.45, 2.75) is 76.5 Å². The molecule has 3 atom stereocenters. The number of hydrogen-bond donors (Lipinski definition) is 3. The van der Waals surface area contributed by atoms with Gasteiger partial charge < -0.3 is 26.0 Å². The van der Waals surface area contributed by atoms with E-state index in [9.17, 15) is 14.7 Å². The van der Waals surface area contributed by atoms with Crippen LogP contribution in [0.4, 0.5) is 0 Å². The highest BCUT2D eigenvalue weighted by Crippen LogP contribution is 2.28. The van der Waals surface area contributed by atoms with Crippen LogP contribution in [-0.2, 0) is 20.9 Å². The number of allylic oxidation sites excluding steroid dienone is 3. The number of unbranched alkanes of at least 4 members (excludes halogenated alkanes) is 1. The van der Waals surface area contributed by atoms with Crippen molar-refractivity contribution in [3.05, 3.63) is 83.4 Å². The van der Waals surface area contributed by atoms with Crippen LogP contribution in [0.5, 0.6) is 5.75 Å². The van der Waals surface area contributed by atoms with E-state index in [4.69, 9.17) is 20.9 Å². The Morgan fingerprint density at radius 2 is 1.95 bits per heavy atom. The minimum atomic E-state index is -0.824. The van der Waals surface area contributed by atoms with Gasteiger partial charge in [0.2, 0.25) is 0 Å². The van der Waals surface area contributed by atoms with Gasteiger partial charge >= 0.3 is 11.9 Å². The molecule has 2 aromatic rings. The standard InChI is InChI=1S/C31H40N2O5/c1-2-6-25(20-30(35)38-31(36)29(33)9-3-4-18-32)24-12-16-28(17-13-24)37-21-22-7-5-8-26(19-22)23-10-14-27(34)15-11-23/h2,5-8,10,12-13,16-17,19,25,27,29,34H,3-4,9,11,14-15,18,20-21,32-33H2,1H3/t25?,27?,29-/m0/s1. The zero-order chi connectivity index (χ0) is 27.3. The van der Waals surface area contributed by atoms with Crippen LogP contribution in [0.25, 0.3) is 5.57 Å². The number of carbonyl (C=O) groups excluding carboxylic acids is 2. The summed E-state index contributed by atoms with van der Waals surface area (Å²) in [5, 5.41) is 9.74. The zero-order valence-electron chi connectivity index (χ0n) is 22.2. The van der Waals surface area contributed by atoms with Crippen LogP contribution in [0.2, 0.25) is 0 Å². The van der Waals surface area contributed by atoms with Crippen LogP contribution in [0.3, 0.4) is 0 Å². The Bertz CT molecular complexity index is 1110. The molecule has 0 heterocycles. The van der Waals surface area contributed by atoms with Gasteiger partial charge in [-0.2, -0.15) is 0 Å². The third kappa shape index (κ3) is 9.24. The SMILES string of the molecule is CC=CC(CC(=O)OC(=O)[C@@H](N)CCCCN)c1ccc(OCc2cccc(C3=CCC(O)CC3)c2)cc1. The van der Waals surface area contributed by atoms with Crippen molar-refractivity contribution in [1.29, 1.82) is 0 Å². The van der Waals surface area contributed by atoms with Gasteiger partial charge in [-0.15, -0.1) is 0 Å². The van der Waals surface area contributed by atoms with Crippen molar-refractivity contribution in [3.8, 4) is 5.75 Å². The average Bonchev–Trinajstić information content (AvgIpc) is 2.92. The van der Waals surface area contributed by atoms with E-state index in [2.05, 4.69) is 18.2 Å². The summed E-state index contributed by atoms with van der Waals surface area (Å²) in [6, 6.07) is 15.1. The number of aliphatic hydroxyl groups excluding tert-OH is 1. The Labute approximate surface area is 225 Å². The van der Waals surface area contributed by atoms with Crippen molar-refractivity contribution < 1.29 is 24.2 Å². The van der Waals surface area contributed by atoms with Gasteiger partial charge in [-0.3, -0.25) is 4.79 Å². The summed E-state index contributed by atoms with van der Waals surface area (Å²) in [7, 11) is 0. The maximum Gasteiger partial charge on any atom is 0.330 e. The van der Waals surface area contributed by atoms with E-state index < -0.39 is 18.0 Å². The molecule has 0 aliphatic heterocycles. The molecule has 5 N–H and O–H groups in total. The molecule has 204 valence electrons. The highest BCUT2D eigenvalue weighted by atomic mass is 16.6. The van der Waals surface area contributed by atoms with Crippen LogP contribution >= 0.6 is 0 Å². The van der Waals surface area contributed by atoms with Gasteiger partial charge in [-0.05, 0) is 86.0 Å². The van der Waals surface area contributed by atoms with Crippen molar-refractivity contribution in [3.63, 3.8) is 0 Å². The van der Waals surface area contributed by atoms with E-state index in [1.807, 2.05) is 55.5 Å². The zero-order valence-corrected chi connectivity index (χ0v) is 22.2. The molecular weight excluding hydrogens is 480 g/mol. The third-order valence-corrected chi connectivity index (χ3v) is 6.69. The van der Waals surface area contributed by atoms with Crippen LogP contribution in [0.15, 0.2) is 66.8 Å².